The predicted octanol–water partition coefficient (Wildman–Crippen LogP) is 2.82. The van der Waals surface area contributed by atoms with Gasteiger partial charge in [0.05, 0.1) is 24.9 Å². The molecule has 0 aromatic carbocycles. The second-order valence-electron chi connectivity index (χ2n) is 8.11. The van der Waals surface area contributed by atoms with E-state index in [0.29, 0.717) is 11.8 Å². The first-order valence-electron chi connectivity index (χ1n) is 9.65. The molecule has 2 aliphatic heterocycles. The summed E-state index contributed by atoms with van der Waals surface area (Å²) >= 11 is 0. The molecular formula is C18H36BO5P. The molecule has 0 aromatic heterocycles. The quantitative estimate of drug-likeness (QED) is 0.593. The van der Waals surface area contributed by atoms with E-state index in [1.165, 1.54) is 0 Å². The first-order chi connectivity index (χ1) is 11.7. The van der Waals surface area contributed by atoms with Crippen molar-refractivity contribution in [3.63, 3.8) is 0 Å². The number of aliphatic hydroxyl groups excluding tert-OH is 1. The zero-order chi connectivity index (χ0) is 18.9. The third-order valence-corrected chi connectivity index (χ3v) is 6.52. The summed E-state index contributed by atoms with van der Waals surface area (Å²) in [6, 6.07) is 0. The molecule has 0 aromatic rings. The maximum Gasteiger partial charge on any atom is 0.312 e. The molecule has 7 heteroatoms. The highest BCUT2D eigenvalue weighted by Gasteiger charge is 2.47. The Labute approximate surface area is 155 Å². The van der Waals surface area contributed by atoms with E-state index >= 15 is 0 Å². The van der Waals surface area contributed by atoms with Gasteiger partial charge in [-0.1, -0.05) is 34.5 Å². The van der Waals surface area contributed by atoms with Crippen molar-refractivity contribution in [1.29, 1.82) is 0 Å². The molecule has 2 heterocycles. The monoisotopic (exact) mass is 374 g/mol. The topological polar surface area (TPSA) is 57.2 Å². The van der Waals surface area contributed by atoms with E-state index < -0.39 is 6.10 Å². The van der Waals surface area contributed by atoms with E-state index in [9.17, 15) is 5.11 Å². The minimum absolute atomic E-state index is 0.00533. The lowest BCUT2D eigenvalue weighted by molar-refractivity contribution is -0.305. The van der Waals surface area contributed by atoms with Crippen LogP contribution in [0, 0.1) is 23.7 Å². The van der Waals surface area contributed by atoms with Crippen molar-refractivity contribution in [2.45, 2.75) is 85.2 Å². The summed E-state index contributed by atoms with van der Waals surface area (Å²) in [6.45, 7) is 14.8. The molecule has 0 amide bonds. The molecule has 25 heavy (non-hydrogen) atoms. The third-order valence-electron chi connectivity index (χ3n) is 6.36. The number of ether oxygens (including phenoxy) is 3. The Morgan fingerprint density at radius 2 is 1.48 bits per heavy atom. The van der Waals surface area contributed by atoms with Gasteiger partial charge in [-0.25, -0.2) is 0 Å². The van der Waals surface area contributed by atoms with Gasteiger partial charge in [0.15, 0.2) is 6.29 Å². The maximum absolute atomic E-state index is 9.85. The largest absolute Gasteiger partial charge is 0.426 e. The molecule has 1 N–H and O–H groups in total. The van der Waals surface area contributed by atoms with E-state index in [1.807, 2.05) is 13.7 Å². The average Bonchev–Trinajstić information content (AvgIpc) is 2.56. The zero-order valence-corrected chi connectivity index (χ0v) is 17.9. The molecular weight excluding hydrogens is 338 g/mol. The average molecular weight is 374 g/mol. The fourth-order valence-electron chi connectivity index (χ4n) is 3.94. The van der Waals surface area contributed by atoms with Crippen molar-refractivity contribution in [3.8, 4) is 0 Å². The smallest absolute Gasteiger partial charge is 0.312 e. The summed E-state index contributed by atoms with van der Waals surface area (Å²) in [6.07, 6.45) is -1.05. The summed E-state index contributed by atoms with van der Waals surface area (Å²) < 4.78 is 24.8. The normalized spacial score (nSPS) is 48.4. The van der Waals surface area contributed by atoms with Gasteiger partial charge in [0, 0.05) is 11.8 Å². The molecule has 2 fully saturated rings. The molecule has 2 saturated heterocycles. The Morgan fingerprint density at radius 3 is 2.04 bits per heavy atom. The van der Waals surface area contributed by atoms with E-state index in [0.717, 1.165) is 0 Å². The minimum Gasteiger partial charge on any atom is -0.426 e. The maximum atomic E-state index is 9.85. The Hall–Kier alpha value is 0.295. The van der Waals surface area contributed by atoms with Crippen LogP contribution in [-0.4, -0.2) is 55.2 Å². The van der Waals surface area contributed by atoms with Crippen molar-refractivity contribution in [2.75, 3.05) is 6.61 Å². The van der Waals surface area contributed by atoms with Crippen LogP contribution in [0.2, 0.25) is 6.82 Å². The van der Waals surface area contributed by atoms with Crippen LogP contribution in [0.1, 0.15) is 41.5 Å². The fourth-order valence-corrected chi connectivity index (χ4v) is 4.12. The molecule has 2 aliphatic rings. The molecule has 0 aliphatic carbocycles. The lowest BCUT2D eigenvalue weighted by Gasteiger charge is -2.49. The van der Waals surface area contributed by atoms with Gasteiger partial charge in [0.25, 0.3) is 0 Å². The second kappa shape index (κ2) is 8.99. The van der Waals surface area contributed by atoms with E-state index in [4.69, 9.17) is 18.9 Å². The molecule has 11 atom stereocenters. The van der Waals surface area contributed by atoms with Gasteiger partial charge >= 0.3 is 6.64 Å². The van der Waals surface area contributed by atoms with E-state index in [1.54, 1.807) is 0 Å². The highest BCUT2D eigenvalue weighted by molar-refractivity contribution is 7.60. The summed E-state index contributed by atoms with van der Waals surface area (Å²) in [5, 5.41) is 9.85. The highest BCUT2D eigenvalue weighted by atomic mass is 31.0. The lowest BCUT2D eigenvalue weighted by atomic mass is 9.79. The van der Waals surface area contributed by atoms with Crippen LogP contribution in [0.5, 0.6) is 0 Å². The van der Waals surface area contributed by atoms with E-state index in [2.05, 4.69) is 43.7 Å². The molecule has 0 saturated carbocycles. The Bertz CT molecular complexity index is 426. The summed E-state index contributed by atoms with van der Waals surface area (Å²) in [7, 11) is 2.67. The van der Waals surface area contributed by atoms with Crippen LogP contribution in [-0.2, 0) is 18.9 Å². The Morgan fingerprint density at radius 1 is 0.880 bits per heavy atom. The van der Waals surface area contributed by atoms with Gasteiger partial charge < -0.3 is 24.0 Å². The van der Waals surface area contributed by atoms with Crippen LogP contribution in [0.25, 0.3) is 0 Å². The van der Waals surface area contributed by atoms with Crippen LogP contribution in [0.15, 0.2) is 0 Å². The molecule has 0 radical (unpaired) electrons. The van der Waals surface area contributed by atoms with Gasteiger partial charge in [0.2, 0.25) is 0 Å². The SMILES string of the molecule is CB(P)OC1C(C)C(C)OC(CO)C1OC1OC(C)C(C)C(C)C1C. The molecule has 2 rings (SSSR count). The van der Waals surface area contributed by atoms with Crippen LogP contribution < -0.4 is 0 Å². The third kappa shape index (κ3) is 4.77. The van der Waals surface area contributed by atoms with Crippen molar-refractivity contribution in [3.05, 3.63) is 0 Å². The van der Waals surface area contributed by atoms with Gasteiger partial charge in [-0.3, -0.25) is 0 Å². The zero-order valence-electron chi connectivity index (χ0n) is 16.7. The standard InChI is InChI=1S/C18H36BO5P/c1-9-10(2)13(5)22-18(11(9)3)23-17-15(8-20)21-14(6)12(4)16(17)24-19(7)25/h9-18,20H,8,25H2,1-7H3. The van der Waals surface area contributed by atoms with E-state index in [-0.39, 0.29) is 55.8 Å². The van der Waals surface area contributed by atoms with Crippen molar-refractivity contribution in [2.24, 2.45) is 23.7 Å². The Kier molecular flexibility index (Phi) is 7.76. The van der Waals surface area contributed by atoms with Gasteiger partial charge in [-0.2, -0.15) is 0 Å². The molecule has 0 bridgehead atoms. The molecule has 11 unspecified atom stereocenters. The van der Waals surface area contributed by atoms with Crippen molar-refractivity contribution >= 4 is 15.8 Å². The summed E-state index contributed by atoms with van der Waals surface area (Å²) in [4.78, 5) is 0. The van der Waals surface area contributed by atoms with Crippen LogP contribution >= 0.6 is 9.12 Å². The first-order valence-corrected chi connectivity index (χ1v) is 10.3. The molecule has 0 spiro atoms. The van der Waals surface area contributed by atoms with Gasteiger partial charge in [-0.15, -0.1) is 9.12 Å². The molecule has 146 valence electrons. The highest BCUT2D eigenvalue weighted by Crippen LogP contribution is 2.38. The lowest BCUT2D eigenvalue weighted by Crippen LogP contribution is -2.59. The number of rotatable bonds is 5. The number of hydrogen-bond donors (Lipinski definition) is 1. The number of hydrogen-bond acceptors (Lipinski definition) is 5. The second-order valence-corrected chi connectivity index (χ2v) is 9.05. The number of aliphatic hydroxyl groups is 1. The van der Waals surface area contributed by atoms with Crippen LogP contribution in [0.4, 0.5) is 0 Å². The summed E-state index contributed by atoms with van der Waals surface area (Å²) in [5.74, 6) is 1.43. The van der Waals surface area contributed by atoms with Crippen LogP contribution in [0.3, 0.4) is 0 Å². The van der Waals surface area contributed by atoms with Crippen molar-refractivity contribution < 1.29 is 24.0 Å². The first kappa shape index (κ1) is 21.6. The summed E-state index contributed by atoms with van der Waals surface area (Å²) in [5.41, 5.74) is 0. The minimum atomic E-state index is -0.402. The van der Waals surface area contributed by atoms with Crippen molar-refractivity contribution in [1.82, 2.24) is 0 Å². The predicted molar refractivity (Wildman–Crippen MR) is 103 cm³/mol. The van der Waals surface area contributed by atoms with Gasteiger partial charge in [-0.05, 0) is 25.7 Å². The fraction of sp³-hybridized carbons (Fsp3) is 1.00. The van der Waals surface area contributed by atoms with Gasteiger partial charge in [0.1, 0.15) is 12.2 Å². The molecule has 5 nitrogen and oxygen atoms in total. The Balaban J connectivity index is 2.19.